The van der Waals surface area contributed by atoms with Crippen LogP contribution in [0.15, 0.2) is 60.7 Å². The molecule has 2 aromatic carbocycles. The van der Waals surface area contributed by atoms with E-state index >= 15 is 0 Å². The molecule has 0 spiro atoms. The molecule has 283 valence electrons. The Morgan fingerprint density at radius 1 is 0.778 bits per heavy atom. The standard InChI is InChI=1S/C19H20N4O3.C17H17N4O.C3H5O2.Re/c1-11-7-13(9-18(24)25)5-6-14(11)15-10-17-20-16(19(26)22(3)4)8-12(2)23(17)21-15;1-11-7-5-6-8-13(11)14-10-16-18-15(17(22)20(3)4)9-12(2)21(16)19-14;1-2-5-3-4;/h5-8,10H,9H2,1-4H3,(H,24,25);6-10H,1-4H3;2H2,1H3;/q;2*-1;. The van der Waals surface area contributed by atoms with Crippen molar-refractivity contribution >= 4 is 35.6 Å². The van der Waals surface area contributed by atoms with Gasteiger partial charge in [-0.2, -0.15) is 34.5 Å². The second kappa shape index (κ2) is 18.8. The van der Waals surface area contributed by atoms with Gasteiger partial charge in [-0.1, -0.05) is 31.6 Å². The largest absolute Gasteiger partial charge is 0.653 e. The zero-order valence-electron chi connectivity index (χ0n) is 31.6. The molecule has 4 heterocycles. The molecule has 0 bridgehead atoms. The second-order valence-electron chi connectivity index (χ2n) is 12.5. The van der Waals surface area contributed by atoms with Gasteiger partial charge in [0.2, 0.25) is 0 Å². The summed E-state index contributed by atoms with van der Waals surface area (Å²) in [4.78, 5) is 56.1. The van der Waals surface area contributed by atoms with Gasteiger partial charge in [0.05, 0.1) is 17.8 Å². The molecule has 0 saturated carbocycles. The zero-order valence-corrected chi connectivity index (χ0v) is 34.3. The van der Waals surface area contributed by atoms with E-state index in [1.54, 1.807) is 62.3 Å². The molecule has 0 aliphatic rings. The first-order valence-electron chi connectivity index (χ1n) is 16.6. The average Bonchev–Trinajstić information content (AvgIpc) is 3.74. The number of rotatable bonds is 8. The third-order valence-electron chi connectivity index (χ3n) is 7.93. The summed E-state index contributed by atoms with van der Waals surface area (Å²) in [6.07, 6.45) is -0.0110. The van der Waals surface area contributed by atoms with E-state index < -0.39 is 5.97 Å². The normalized spacial score (nSPS) is 10.3. The monoisotopic (exact) mass is 905 g/mol. The number of carboxylic acids is 1. The van der Waals surface area contributed by atoms with Crippen LogP contribution in [0.1, 0.15) is 56.0 Å². The Kier molecular flexibility index (Phi) is 14.9. The van der Waals surface area contributed by atoms with Gasteiger partial charge in [0.15, 0.2) is 11.3 Å². The minimum absolute atomic E-state index is 0. The third-order valence-corrected chi connectivity index (χ3v) is 7.93. The van der Waals surface area contributed by atoms with Gasteiger partial charge in [-0.15, -0.1) is 11.1 Å². The van der Waals surface area contributed by atoms with Crippen molar-refractivity contribution in [3.05, 3.63) is 106 Å². The summed E-state index contributed by atoms with van der Waals surface area (Å²) in [6.45, 7) is 11.2. The summed E-state index contributed by atoms with van der Waals surface area (Å²) in [6, 6.07) is 21.6. The van der Waals surface area contributed by atoms with Crippen LogP contribution in [0.25, 0.3) is 33.8 Å². The molecule has 0 aliphatic heterocycles. The number of ether oxygens (including phenoxy) is 1. The molecule has 0 unspecified atom stereocenters. The van der Waals surface area contributed by atoms with Crippen LogP contribution in [-0.4, -0.2) is 103 Å². The Hall–Kier alpha value is -5.78. The third kappa shape index (κ3) is 10.2. The van der Waals surface area contributed by atoms with Crippen molar-refractivity contribution in [1.82, 2.24) is 39.0 Å². The maximum atomic E-state index is 12.2. The molecule has 0 aliphatic carbocycles. The Morgan fingerprint density at radius 2 is 1.28 bits per heavy atom. The van der Waals surface area contributed by atoms with Gasteiger partial charge in [0.1, 0.15) is 11.4 Å². The number of carbonyl (C=O) groups excluding carboxylic acids is 3. The molecule has 0 atom stereocenters. The first kappa shape index (κ1) is 42.6. The summed E-state index contributed by atoms with van der Waals surface area (Å²) in [5.74, 6) is -1.13. The van der Waals surface area contributed by atoms with E-state index in [2.05, 4.69) is 31.0 Å². The average molecular weight is 905 g/mol. The quantitative estimate of drug-likeness (QED) is 0.207. The summed E-state index contributed by atoms with van der Waals surface area (Å²) in [5.41, 5.74) is 10.1. The van der Waals surface area contributed by atoms with Crippen molar-refractivity contribution < 1.29 is 49.4 Å². The molecule has 54 heavy (non-hydrogen) atoms. The van der Waals surface area contributed by atoms with Gasteiger partial charge < -0.3 is 24.4 Å². The number of fused-ring (bicyclic) bond motifs is 2. The Balaban J connectivity index is 0.000000256. The number of carbonyl (C=O) groups is 3. The number of benzene rings is 2. The molecule has 1 N–H and O–H groups in total. The van der Waals surface area contributed by atoms with Crippen molar-refractivity contribution in [2.24, 2.45) is 0 Å². The molecular weight excluding hydrogens is 863 g/mol. The van der Waals surface area contributed by atoms with E-state index in [4.69, 9.17) is 9.90 Å². The van der Waals surface area contributed by atoms with Crippen molar-refractivity contribution in [2.45, 2.75) is 41.0 Å². The molecule has 1 radical (unpaired) electrons. The summed E-state index contributed by atoms with van der Waals surface area (Å²) < 4.78 is 7.49. The van der Waals surface area contributed by atoms with Crippen LogP contribution in [0.4, 0.5) is 0 Å². The topological polar surface area (TPSA) is 165 Å². The molecule has 0 fully saturated rings. The summed E-state index contributed by atoms with van der Waals surface area (Å²) in [5, 5.41) is 18.1. The van der Waals surface area contributed by atoms with Gasteiger partial charge in [-0.25, -0.2) is 19.0 Å². The van der Waals surface area contributed by atoms with Crippen molar-refractivity contribution in [2.75, 3.05) is 34.8 Å². The number of hydrogen-bond donors (Lipinski definition) is 1. The number of aromatic nitrogens is 6. The molecule has 4 aromatic heterocycles. The van der Waals surface area contributed by atoms with E-state index in [0.717, 1.165) is 50.6 Å². The molecular formula is C39H42N8O6Re-2. The molecule has 0 saturated heterocycles. The van der Waals surface area contributed by atoms with E-state index in [0.29, 0.717) is 29.3 Å². The number of carboxylic acid groups (broad SMARTS) is 1. The zero-order chi connectivity index (χ0) is 39.0. The van der Waals surface area contributed by atoms with E-state index in [9.17, 15) is 14.4 Å². The van der Waals surface area contributed by atoms with E-state index in [1.165, 1.54) is 16.3 Å². The van der Waals surface area contributed by atoms with Crippen LogP contribution in [0.3, 0.4) is 0 Å². The molecule has 14 nitrogen and oxygen atoms in total. The predicted molar refractivity (Wildman–Crippen MR) is 199 cm³/mol. The Morgan fingerprint density at radius 3 is 1.67 bits per heavy atom. The van der Waals surface area contributed by atoms with Crippen molar-refractivity contribution in [3.63, 3.8) is 0 Å². The number of amides is 2. The number of aryl methyl sites for hydroxylation is 4. The number of hydrogen-bond acceptors (Lipinski definition) is 9. The van der Waals surface area contributed by atoms with Crippen LogP contribution in [0, 0.1) is 33.8 Å². The van der Waals surface area contributed by atoms with Crippen LogP contribution in [-0.2, 0) is 41.2 Å². The SMILES string of the molecule is CCO[C-]=O.Cc1c[c-]ccc1-c1cc2nc(C(=O)N(C)C)cc(C)n2n1.Cc1cc(CC(=O)O)ccc1-c1cc2nc(C(=O)N(C)C)cc(C)n2n1.[Re]. The van der Waals surface area contributed by atoms with E-state index in [1.807, 2.05) is 70.2 Å². The minimum atomic E-state index is -0.859. The van der Waals surface area contributed by atoms with Gasteiger partial charge in [0, 0.05) is 84.3 Å². The van der Waals surface area contributed by atoms with Crippen LogP contribution >= 0.6 is 0 Å². The maximum absolute atomic E-state index is 12.2. The van der Waals surface area contributed by atoms with Crippen LogP contribution < -0.4 is 0 Å². The summed E-state index contributed by atoms with van der Waals surface area (Å²) in [7, 11) is 6.81. The smallest absolute Gasteiger partial charge is 0.307 e. The van der Waals surface area contributed by atoms with Crippen molar-refractivity contribution in [1.29, 1.82) is 0 Å². The van der Waals surface area contributed by atoms with Crippen molar-refractivity contribution in [3.8, 4) is 22.5 Å². The van der Waals surface area contributed by atoms with Gasteiger partial charge in [0.25, 0.3) is 11.8 Å². The van der Waals surface area contributed by atoms with Gasteiger partial charge in [-0.05, 0) is 51.0 Å². The van der Waals surface area contributed by atoms with Crippen LogP contribution in [0.2, 0.25) is 0 Å². The molecule has 6 aromatic rings. The molecule has 15 heteroatoms. The first-order chi connectivity index (χ1) is 25.1. The maximum Gasteiger partial charge on any atom is 0.307 e. The van der Waals surface area contributed by atoms with Gasteiger partial charge in [-0.3, -0.25) is 14.4 Å². The Labute approximate surface area is 327 Å². The van der Waals surface area contributed by atoms with Gasteiger partial charge >= 0.3 is 5.97 Å². The fourth-order valence-electron chi connectivity index (χ4n) is 5.35. The fraction of sp³-hybridized carbons (Fsp3) is 0.282. The molecule has 6 rings (SSSR count). The predicted octanol–water partition coefficient (Wildman–Crippen LogP) is 4.94. The molecule has 2 amide bonds. The summed E-state index contributed by atoms with van der Waals surface area (Å²) >= 11 is 0. The number of nitrogens with zero attached hydrogens (tertiary/aromatic N) is 8. The fourth-order valence-corrected chi connectivity index (χ4v) is 5.35. The minimum Gasteiger partial charge on any atom is -0.653 e. The number of aliphatic carboxylic acids is 1. The van der Waals surface area contributed by atoms with E-state index in [-0.39, 0.29) is 38.7 Å². The Bertz CT molecular complexity index is 2300. The second-order valence-corrected chi connectivity index (χ2v) is 12.5. The van der Waals surface area contributed by atoms with Crippen LogP contribution in [0.5, 0.6) is 0 Å². The first-order valence-corrected chi connectivity index (χ1v) is 16.6.